The van der Waals surface area contributed by atoms with Gasteiger partial charge in [-0.2, -0.15) is 0 Å². The lowest BCUT2D eigenvalue weighted by Gasteiger charge is -2.24. The molecule has 4 aromatic rings. The van der Waals surface area contributed by atoms with Gasteiger partial charge in [0.2, 0.25) is 0 Å². The molecule has 192 valence electrons. The number of carbonyl (C=O) groups excluding carboxylic acids is 1. The van der Waals surface area contributed by atoms with Gasteiger partial charge in [-0.3, -0.25) is 4.90 Å². The molecule has 10 heteroatoms. The summed E-state index contributed by atoms with van der Waals surface area (Å²) in [5, 5.41) is 13.1. The summed E-state index contributed by atoms with van der Waals surface area (Å²) in [5.74, 6) is 1.75. The number of carbonyl (C=O) groups is 1. The second kappa shape index (κ2) is 9.91. The number of nitrogens with one attached hydrogen (secondary N) is 1. The molecule has 2 N–H and O–H groups in total. The van der Waals surface area contributed by atoms with Gasteiger partial charge in [-0.15, -0.1) is 0 Å². The summed E-state index contributed by atoms with van der Waals surface area (Å²) < 4.78 is 13.7. The van der Waals surface area contributed by atoms with Crippen molar-refractivity contribution < 1.29 is 19.4 Å². The van der Waals surface area contributed by atoms with E-state index < -0.39 is 5.60 Å². The highest BCUT2D eigenvalue weighted by Gasteiger charge is 2.31. The van der Waals surface area contributed by atoms with Gasteiger partial charge in [0.05, 0.1) is 22.8 Å². The van der Waals surface area contributed by atoms with Gasteiger partial charge in [-0.25, -0.2) is 14.8 Å². The molecule has 0 saturated heterocycles. The van der Waals surface area contributed by atoms with Crippen molar-refractivity contribution in [1.29, 1.82) is 0 Å². The summed E-state index contributed by atoms with van der Waals surface area (Å²) in [5.41, 5.74) is 3.43. The van der Waals surface area contributed by atoms with E-state index in [9.17, 15) is 9.90 Å². The lowest BCUT2D eigenvalue weighted by Crippen LogP contribution is -2.35. The number of fused-ring (bicyclic) bond motifs is 2. The molecule has 5 rings (SSSR count). The lowest BCUT2D eigenvalue weighted by atomic mass is 10.1. The third kappa shape index (κ3) is 5.19. The highest BCUT2D eigenvalue weighted by molar-refractivity contribution is 6.32. The van der Waals surface area contributed by atoms with Gasteiger partial charge >= 0.3 is 6.09 Å². The Morgan fingerprint density at radius 2 is 2.00 bits per heavy atom. The monoisotopic (exact) mass is 521 g/mol. The molecule has 2 aromatic heterocycles. The number of aromatic nitrogens is 3. The van der Waals surface area contributed by atoms with E-state index in [0.717, 1.165) is 28.0 Å². The van der Waals surface area contributed by atoms with Crippen molar-refractivity contribution in [2.24, 2.45) is 0 Å². The SMILES string of the molecule is CC(C)(C)OC(=O)N1CCc2c(Oc3ccc(Nc4ncnc5ccn(CCO)c45)cc3Cl)cccc21. The largest absolute Gasteiger partial charge is 0.455 e. The number of hydrogen-bond acceptors (Lipinski definition) is 7. The highest BCUT2D eigenvalue weighted by atomic mass is 35.5. The lowest BCUT2D eigenvalue weighted by molar-refractivity contribution is 0.0584. The van der Waals surface area contributed by atoms with Crippen molar-refractivity contribution in [1.82, 2.24) is 14.5 Å². The minimum Gasteiger partial charge on any atom is -0.455 e. The Bertz CT molecular complexity index is 1460. The Labute approximate surface area is 219 Å². The summed E-state index contributed by atoms with van der Waals surface area (Å²) in [7, 11) is 0. The van der Waals surface area contributed by atoms with Crippen LogP contribution in [-0.2, 0) is 17.7 Å². The van der Waals surface area contributed by atoms with Crippen LogP contribution in [0.15, 0.2) is 55.0 Å². The van der Waals surface area contributed by atoms with Crippen LogP contribution in [0.2, 0.25) is 5.02 Å². The van der Waals surface area contributed by atoms with Crippen LogP contribution >= 0.6 is 11.6 Å². The zero-order valence-corrected chi connectivity index (χ0v) is 21.6. The molecule has 1 aliphatic rings. The van der Waals surface area contributed by atoms with E-state index in [1.54, 1.807) is 17.0 Å². The second-order valence-corrected chi connectivity index (χ2v) is 10.1. The number of benzene rings is 2. The van der Waals surface area contributed by atoms with Gasteiger partial charge in [0, 0.05) is 30.5 Å². The molecule has 0 radical (unpaired) electrons. The molecule has 1 aliphatic heterocycles. The average molecular weight is 522 g/mol. The Kier molecular flexibility index (Phi) is 6.66. The van der Waals surface area contributed by atoms with Crippen LogP contribution in [0.1, 0.15) is 26.3 Å². The van der Waals surface area contributed by atoms with Crippen LogP contribution in [0.3, 0.4) is 0 Å². The maximum absolute atomic E-state index is 12.7. The zero-order valence-electron chi connectivity index (χ0n) is 20.9. The Morgan fingerprint density at radius 3 is 2.76 bits per heavy atom. The molecule has 0 unspecified atom stereocenters. The van der Waals surface area contributed by atoms with Crippen LogP contribution in [0.4, 0.5) is 22.0 Å². The van der Waals surface area contributed by atoms with Crippen LogP contribution in [-0.4, -0.2) is 44.5 Å². The van der Waals surface area contributed by atoms with Crippen LogP contribution in [0, 0.1) is 0 Å². The molecular formula is C27H28ClN5O4. The Morgan fingerprint density at radius 1 is 1.16 bits per heavy atom. The van der Waals surface area contributed by atoms with Crippen molar-refractivity contribution in [3.63, 3.8) is 0 Å². The molecule has 0 spiro atoms. The topological polar surface area (TPSA) is 102 Å². The molecule has 0 saturated carbocycles. The number of ether oxygens (including phenoxy) is 2. The van der Waals surface area contributed by atoms with Gasteiger partial charge in [0.1, 0.15) is 28.9 Å². The Hall–Kier alpha value is -3.82. The van der Waals surface area contributed by atoms with Gasteiger partial charge < -0.3 is 24.5 Å². The summed E-state index contributed by atoms with van der Waals surface area (Å²) in [6.45, 7) is 6.51. The number of nitrogens with zero attached hydrogens (tertiary/aromatic N) is 4. The fraction of sp³-hybridized carbons (Fsp3) is 0.296. The van der Waals surface area contributed by atoms with Crippen molar-refractivity contribution in [2.45, 2.75) is 39.3 Å². The normalized spacial score (nSPS) is 13.1. The molecule has 3 heterocycles. The van der Waals surface area contributed by atoms with Gasteiger partial charge in [-0.1, -0.05) is 17.7 Å². The van der Waals surface area contributed by atoms with Crippen LogP contribution in [0.5, 0.6) is 11.5 Å². The fourth-order valence-electron chi connectivity index (χ4n) is 4.34. The first-order valence-corrected chi connectivity index (χ1v) is 12.4. The number of hydrogen-bond donors (Lipinski definition) is 2. The highest BCUT2D eigenvalue weighted by Crippen LogP contribution is 2.40. The summed E-state index contributed by atoms with van der Waals surface area (Å²) >= 11 is 6.61. The smallest absolute Gasteiger partial charge is 0.414 e. The van der Waals surface area contributed by atoms with E-state index in [1.807, 2.05) is 61.9 Å². The van der Waals surface area contributed by atoms with E-state index in [0.29, 0.717) is 41.8 Å². The molecule has 0 bridgehead atoms. The van der Waals surface area contributed by atoms with E-state index in [-0.39, 0.29) is 12.7 Å². The third-order valence-electron chi connectivity index (χ3n) is 5.90. The van der Waals surface area contributed by atoms with Crippen molar-refractivity contribution in [2.75, 3.05) is 23.4 Å². The number of halogens is 1. The molecule has 9 nitrogen and oxygen atoms in total. The average Bonchev–Trinajstić information content (AvgIpc) is 3.46. The van der Waals surface area contributed by atoms with Crippen LogP contribution in [0.25, 0.3) is 11.0 Å². The quantitative estimate of drug-likeness (QED) is 0.325. The molecule has 2 aromatic carbocycles. The predicted molar refractivity (Wildman–Crippen MR) is 143 cm³/mol. The van der Waals surface area contributed by atoms with E-state index >= 15 is 0 Å². The molecular weight excluding hydrogens is 494 g/mol. The standard InChI is InChI=1S/C27H28ClN5O4/c1-27(2,3)37-26(35)33-12-9-18-21(33)5-4-6-22(18)36-23-8-7-17(15-19(23)28)31-25-24-20(29-16-30-25)10-11-32(24)13-14-34/h4-8,10-11,15-16,34H,9,12-14H2,1-3H3,(H,29,30,31). The maximum atomic E-state index is 12.7. The second-order valence-electron chi connectivity index (χ2n) is 9.70. The number of rotatable bonds is 6. The number of aliphatic hydroxyl groups excluding tert-OH is 1. The Balaban J connectivity index is 1.36. The molecule has 1 amide bonds. The summed E-state index contributed by atoms with van der Waals surface area (Å²) in [4.78, 5) is 23.0. The summed E-state index contributed by atoms with van der Waals surface area (Å²) in [6.07, 6.45) is 3.64. The van der Waals surface area contributed by atoms with Crippen LogP contribution < -0.4 is 15.0 Å². The first-order chi connectivity index (χ1) is 17.7. The van der Waals surface area contributed by atoms with E-state index in [4.69, 9.17) is 21.1 Å². The molecule has 0 atom stereocenters. The predicted octanol–water partition coefficient (Wildman–Crippen LogP) is 5.91. The first-order valence-electron chi connectivity index (χ1n) is 12.0. The summed E-state index contributed by atoms with van der Waals surface area (Å²) in [6, 6.07) is 12.9. The zero-order chi connectivity index (χ0) is 26.2. The van der Waals surface area contributed by atoms with Crippen molar-refractivity contribution in [3.05, 3.63) is 65.6 Å². The minimum atomic E-state index is -0.573. The fourth-order valence-corrected chi connectivity index (χ4v) is 4.56. The molecule has 37 heavy (non-hydrogen) atoms. The number of amides is 1. The van der Waals surface area contributed by atoms with Gasteiger partial charge in [-0.05, 0) is 63.6 Å². The van der Waals surface area contributed by atoms with Crippen molar-refractivity contribution in [3.8, 4) is 11.5 Å². The van der Waals surface area contributed by atoms with Gasteiger partial charge in [0.25, 0.3) is 0 Å². The maximum Gasteiger partial charge on any atom is 0.414 e. The first kappa shape index (κ1) is 24.9. The van der Waals surface area contributed by atoms with E-state index in [1.165, 1.54) is 6.33 Å². The molecule has 0 aliphatic carbocycles. The van der Waals surface area contributed by atoms with Gasteiger partial charge in [0.15, 0.2) is 5.82 Å². The molecule has 0 fully saturated rings. The van der Waals surface area contributed by atoms with Crippen molar-refractivity contribution >= 4 is 45.9 Å². The minimum absolute atomic E-state index is 0.00863. The number of aliphatic hydroxyl groups is 1. The van der Waals surface area contributed by atoms with E-state index in [2.05, 4.69) is 15.3 Å². The third-order valence-corrected chi connectivity index (χ3v) is 6.20. The number of anilines is 3.